The van der Waals surface area contributed by atoms with E-state index in [9.17, 15) is 5.11 Å². The van der Waals surface area contributed by atoms with Crippen LogP contribution < -0.4 is 5.32 Å². The maximum absolute atomic E-state index is 9.29. The molecule has 3 heteroatoms. The minimum Gasteiger partial charge on any atom is -0.508 e. The lowest BCUT2D eigenvalue weighted by molar-refractivity contribution is 0.475. The van der Waals surface area contributed by atoms with Gasteiger partial charge in [-0.3, -0.25) is 0 Å². The molecule has 22 heavy (non-hydrogen) atoms. The molecule has 2 nitrogen and oxygen atoms in total. The SMILES string of the molecule is Oc1ccc(Sc2ccc(NCc3ccccc3)cc2)cc1. The summed E-state index contributed by atoms with van der Waals surface area (Å²) in [7, 11) is 0. The van der Waals surface area contributed by atoms with Crippen LogP contribution >= 0.6 is 11.8 Å². The predicted octanol–water partition coefficient (Wildman–Crippen LogP) is 5.16. The van der Waals surface area contributed by atoms with Gasteiger partial charge in [0.2, 0.25) is 0 Å². The van der Waals surface area contributed by atoms with Crippen LogP contribution in [-0.2, 0) is 6.54 Å². The number of hydrogen-bond donors (Lipinski definition) is 2. The molecule has 0 atom stereocenters. The summed E-state index contributed by atoms with van der Waals surface area (Å²) in [6.07, 6.45) is 0. The van der Waals surface area contributed by atoms with Gasteiger partial charge in [0, 0.05) is 22.0 Å². The minimum absolute atomic E-state index is 0.296. The van der Waals surface area contributed by atoms with Crippen molar-refractivity contribution in [3.8, 4) is 5.75 Å². The van der Waals surface area contributed by atoms with Crippen molar-refractivity contribution in [2.75, 3.05) is 5.32 Å². The summed E-state index contributed by atoms with van der Waals surface area (Å²) in [6.45, 7) is 0.825. The topological polar surface area (TPSA) is 32.3 Å². The van der Waals surface area contributed by atoms with Crippen LogP contribution in [0.15, 0.2) is 88.7 Å². The average Bonchev–Trinajstić information content (AvgIpc) is 2.57. The van der Waals surface area contributed by atoms with Gasteiger partial charge in [-0.1, -0.05) is 42.1 Å². The lowest BCUT2D eigenvalue weighted by Crippen LogP contribution is -1.98. The van der Waals surface area contributed by atoms with Gasteiger partial charge in [0.15, 0.2) is 0 Å². The van der Waals surface area contributed by atoms with E-state index in [1.165, 1.54) is 10.5 Å². The highest BCUT2D eigenvalue weighted by molar-refractivity contribution is 7.99. The first kappa shape index (κ1) is 14.5. The van der Waals surface area contributed by atoms with Crippen LogP contribution in [0.4, 0.5) is 5.69 Å². The van der Waals surface area contributed by atoms with E-state index in [1.807, 2.05) is 18.2 Å². The second kappa shape index (κ2) is 7.05. The van der Waals surface area contributed by atoms with E-state index in [1.54, 1.807) is 23.9 Å². The van der Waals surface area contributed by atoms with E-state index >= 15 is 0 Å². The number of phenols is 1. The zero-order valence-corrected chi connectivity index (χ0v) is 12.9. The first-order chi connectivity index (χ1) is 10.8. The molecule has 0 saturated heterocycles. The second-order valence-electron chi connectivity index (χ2n) is 4.96. The number of anilines is 1. The van der Waals surface area contributed by atoms with Crippen molar-refractivity contribution in [2.24, 2.45) is 0 Å². The van der Waals surface area contributed by atoms with E-state index in [2.05, 4.69) is 53.8 Å². The Labute approximate surface area is 134 Å². The molecule has 0 bridgehead atoms. The third kappa shape index (κ3) is 4.06. The molecule has 0 aliphatic carbocycles. The summed E-state index contributed by atoms with van der Waals surface area (Å²) < 4.78 is 0. The molecule has 0 amide bonds. The van der Waals surface area contributed by atoms with Crippen molar-refractivity contribution in [1.29, 1.82) is 0 Å². The Morgan fingerprint density at radius 1 is 0.727 bits per heavy atom. The molecule has 110 valence electrons. The van der Waals surface area contributed by atoms with E-state index in [-0.39, 0.29) is 0 Å². The van der Waals surface area contributed by atoms with Crippen LogP contribution in [0.2, 0.25) is 0 Å². The van der Waals surface area contributed by atoms with Crippen LogP contribution in [-0.4, -0.2) is 5.11 Å². The molecule has 2 N–H and O–H groups in total. The lowest BCUT2D eigenvalue weighted by Gasteiger charge is -2.08. The Bertz CT molecular complexity index is 709. The van der Waals surface area contributed by atoms with Crippen LogP contribution in [0, 0.1) is 0 Å². The summed E-state index contributed by atoms with van der Waals surface area (Å²) in [4.78, 5) is 2.29. The first-order valence-electron chi connectivity index (χ1n) is 7.14. The number of rotatable bonds is 5. The van der Waals surface area contributed by atoms with Crippen LogP contribution in [0.1, 0.15) is 5.56 Å². The normalized spacial score (nSPS) is 10.4. The molecule has 3 aromatic carbocycles. The third-order valence-corrected chi connectivity index (χ3v) is 4.28. The van der Waals surface area contributed by atoms with Crippen LogP contribution in [0.25, 0.3) is 0 Å². The molecule has 0 radical (unpaired) electrons. The Balaban J connectivity index is 1.59. The molecule has 3 rings (SSSR count). The van der Waals surface area contributed by atoms with Gasteiger partial charge in [0.25, 0.3) is 0 Å². The highest BCUT2D eigenvalue weighted by Gasteiger charge is 1.99. The molecule has 0 fully saturated rings. The number of benzene rings is 3. The Hall–Kier alpha value is -2.39. The van der Waals surface area contributed by atoms with Gasteiger partial charge in [-0.15, -0.1) is 0 Å². The number of hydrogen-bond acceptors (Lipinski definition) is 3. The van der Waals surface area contributed by atoms with Crippen molar-refractivity contribution in [1.82, 2.24) is 0 Å². The molecule has 0 spiro atoms. The third-order valence-electron chi connectivity index (χ3n) is 3.27. The van der Waals surface area contributed by atoms with Crippen LogP contribution in [0.5, 0.6) is 5.75 Å². The molecular weight excluding hydrogens is 290 g/mol. The minimum atomic E-state index is 0.296. The van der Waals surface area contributed by atoms with Crippen molar-refractivity contribution in [3.05, 3.63) is 84.4 Å². The van der Waals surface area contributed by atoms with Crippen molar-refractivity contribution in [3.63, 3.8) is 0 Å². The molecule has 0 aliphatic rings. The standard InChI is InChI=1S/C19H17NOS/c21-17-8-12-19(13-9-17)22-18-10-6-16(7-11-18)20-14-15-4-2-1-3-5-15/h1-13,20-21H,14H2. The zero-order valence-electron chi connectivity index (χ0n) is 12.1. The number of aromatic hydroxyl groups is 1. The van der Waals surface area contributed by atoms with E-state index in [0.29, 0.717) is 5.75 Å². The fourth-order valence-electron chi connectivity index (χ4n) is 2.09. The largest absolute Gasteiger partial charge is 0.508 e. The van der Waals surface area contributed by atoms with Gasteiger partial charge in [0.1, 0.15) is 5.75 Å². The summed E-state index contributed by atoms with van der Waals surface area (Å²) in [5.74, 6) is 0.296. The van der Waals surface area contributed by atoms with Crippen molar-refractivity contribution in [2.45, 2.75) is 16.3 Å². The molecule has 0 aliphatic heterocycles. The number of nitrogens with one attached hydrogen (secondary N) is 1. The van der Waals surface area contributed by atoms with Gasteiger partial charge in [0.05, 0.1) is 0 Å². The fourth-order valence-corrected chi connectivity index (χ4v) is 2.91. The fraction of sp³-hybridized carbons (Fsp3) is 0.0526. The maximum Gasteiger partial charge on any atom is 0.115 e. The summed E-state index contributed by atoms with van der Waals surface area (Å²) in [5.41, 5.74) is 2.38. The van der Waals surface area contributed by atoms with E-state index in [4.69, 9.17) is 0 Å². The first-order valence-corrected chi connectivity index (χ1v) is 7.96. The predicted molar refractivity (Wildman–Crippen MR) is 92.4 cm³/mol. The quantitative estimate of drug-likeness (QED) is 0.683. The second-order valence-corrected chi connectivity index (χ2v) is 6.11. The molecule has 0 heterocycles. The highest BCUT2D eigenvalue weighted by Crippen LogP contribution is 2.29. The Morgan fingerprint density at radius 2 is 1.32 bits per heavy atom. The zero-order chi connectivity index (χ0) is 15.2. The molecule has 0 unspecified atom stereocenters. The van der Waals surface area contributed by atoms with Gasteiger partial charge in [-0.25, -0.2) is 0 Å². The Kier molecular flexibility index (Phi) is 4.66. The summed E-state index contributed by atoms with van der Waals surface area (Å²) in [5, 5.41) is 12.7. The van der Waals surface area contributed by atoms with Crippen molar-refractivity contribution >= 4 is 17.4 Å². The molecular formula is C19H17NOS. The number of phenolic OH excluding ortho intramolecular Hbond substituents is 1. The van der Waals surface area contributed by atoms with Gasteiger partial charge in [-0.05, 0) is 54.1 Å². The van der Waals surface area contributed by atoms with Gasteiger partial charge >= 0.3 is 0 Å². The lowest BCUT2D eigenvalue weighted by atomic mass is 10.2. The van der Waals surface area contributed by atoms with Gasteiger partial charge in [-0.2, -0.15) is 0 Å². The van der Waals surface area contributed by atoms with E-state index < -0.39 is 0 Å². The monoisotopic (exact) mass is 307 g/mol. The highest BCUT2D eigenvalue weighted by atomic mass is 32.2. The Morgan fingerprint density at radius 3 is 1.95 bits per heavy atom. The molecule has 0 saturated carbocycles. The molecule has 3 aromatic rings. The summed E-state index contributed by atoms with van der Waals surface area (Å²) >= 11 is 1.68. The smallest absolute Gasteiger partial charge is 0.115 e. The van der Waals surface area contributed by atoms with Crippen LogP contribution in [0.3, 0.4) is 0 Å². The summed E-state index contributed by atoms with van der Waals surface area (Å²) in [6, 6.07) is 26.0. The maximum atomic E-state index is 9.29. The van der Waals surface area contributed by atoms with Crippen molar-refractivity contribution < 1.29 is 5.11 Å². The molecule has 0 aromatic heterocycles. The average molecular weight is 307 g/mol. The van der Waals surface area contributed by atoms with E-state index in [0.717, 1.165) is 17.1 Å². The van der Waals surface area contributed by atoms with Gasteiger partial charge < -0.3 is 10.4 Å².